The van der Waals surface area contributed by atoms with Gasteiger partial charge in [0.05, 0.1) is 0 Å². The van der Waals surface area contributed by atoms with Crippen LogP contribution in [-0.2, 0) is 11.2 Å². The predicted octanol–water partition coefficient (Wildman–Crippen LogP) is 7.89. The number of nitrogens with zero attached hydrogens (tertiary/aromatic N) is 4. The molecule has 46 heavy (non-hydrogen) atoms. The Kier molecular flexibility index (Phi) is 8.65. The highest BCUT2D eigenvalue weighted by atomic mass is 16.2. The normalized spacial score (nSPS) is 11.0. The van der Waals surface area contributed by atoms with Crippen molar-refractivity contribution in [3.63, 3.8) is 0 Å². The highest BCUT2D eigenvalue weighted by Crippen LogP contribution is 2.30. The quantitative estimate of drug-likeness (QED) is 0.127. The Labute approximate surface area is 269 Å². The lowest BCUT2D eigenvalue weighted by Crippen LogP contribution is -2.24. The first-order valence-corrected chi connectivity index (χ1v) is 15.4. The number of pyridine rings is 2. The number of carbonyl (C=O) groups excluding carboxylic acids is 2. The van der Waals surface area contributed by atoms with Gasteiger partial charge in [-0.05, 0) is 97.6 Å². The number of hydrogen-bond donors (Lipinski definition) is 1. The van der Waals surface area contributed by atoms with Gasteiger partial charge in [0.25, 0.3) is 11.7 Å². The van der Waals surface area contributed by atoms with Crippen molar-refractivity contribution in [2.45, 2.75) is 20.3 Å². The number of anilines is 4. The lowest BCUT2D eigenvalue weighted by atomic mass is 10.0. The van der Waals surface area contributed by atoms with Gasteiger partial charge in [0, 0.05) is 60.7 Å². The zero-order chi connectivity index (χ0) is 32.2. The lowest BCUT2D eigenvalue weighted by molar-refractivity contribution is -0.112. The Morgan fingerprint density at radius 1 is 0.804 bits per heavy atom. The number of Topliss-reactive ketones (excluding diaryl/α,β-unsaturated/α-hetero) is 1. The molecule has 1 amide bonds. The van der Waals surface area contributed by atoms with Gasteiger partial charge in [0.1, 0.15) is 11.5 Å². The maximum atomic E-state index is 13.6. The van der Waals surface area contributed by atoms with Gasteiger partial charge in [0.15, 0.2) is 0 Å². The van der Waals surface area contributed by atoms with Crippen LogP contribution in [0.1, 0.15) is 27.3 Å². The standard InChI is InChI=1S/C39H37N5O2/c1-27-24-28(2)40-36(25-27)42(3)23-21-30-14-8-9-16-35(30)43(4)32-19-17-31(18-20-32)41-39(46)38(45)37-34(29-12-6-5-7-13-29)26-33-15-10-11-22-44(33)37/h5-20,22,24-26H,21,23H2,1-4H3,(H,41,46). The number of aromatic nitrogens is 2. The summed E-state index contributed by atoms with van der Waals surface area (Å²) >= 11 is 0. The monoisotopic (exact) mass is 607 g/mol. The van der Waals surface area contributed by atoms with E-state index in [1.807, 2.05) is 105 Å². The molecule has 0 atom stereocenters. The molecule has 6 rings (SSSR count). The molecule has 0 saturated carbocycles. The molecule has 3 aromatic heterocycles. The molecular weight excluding hydrogens is 570 g/mol. The van der Waals surface area contributed by atoms with Gasteiger partial charge in [0.2, 0.25) is 0 Å². The average molecular weight is 608 g/mol. The number of carbonyl (C=O) groups is 2. The van der Waals surface area contributed by atoms with Crippen LogP contribution in [0.3, 0.4) is 0 Å². The summed E-state index contributed by atoms with van der Waals surface area (Å²) in [5.74, 6) is -0.308. The maximum absolute atomic E-state index is 13.6. The van der Waals surface area contributed by atoms with Gasteiger partial charge in [-0.1, -0.05) is 54.6 Å². The van der Waals surface area contributed by atoms with Crippen molar-refractivity contribution >= 4 is 40.1 Å². The molecule has 0 spiro atoms. The Hall–Kier alpha value is -5.69. The van der Waals surface area contributed by atoms with Crippen LogP contribution in [0.25, 0.3) is 16.6 Å². The summed E-state index contributed by atoms with van der Waals surface area (Å²) in [7, 11) is 4.11. The predicted molar refractivity (Wildman–Crippen MR) is 187 cm³/mol. The molecule has 0 aliphatic heterocycles. The number of ketones is 1. The third-order valence-corrected chi connectivity index (χ3v) is 8.24. The van der Waals surface area contributed by atoms with Crippen LogP contribution >= 0.6 is 0 Å². The zero-order valence-corrected chi connectivity index (χ0v) is 26.6. The number of amides is 1. The van der Waals surface area contributed by atoms with Crippen LogP contribution in [0.2, 0.25) is 0 Å². The van der Waals surface area contributed by atoms with Crippen LogP contribution in [-0.4, -0.2) is 41.7 Å². The third-order valence-electron chi connectivity index (χ3n) is 8.24. The number of likely N-dealkylation sites (N-methyl/N-ethyl adjacent to an activating group) is 1. The van der Waals surface area contributed by atoms with Crippen LogP contribution in [0.15, 0.2) is 121 Å². The van der Waals surface area contributed by atoms with E-state index in [1.54, 1.807) is 4.40 Å². The Balaban J connectivity index is 1.16. The molecule has 0 radical (unpaired) electrons. The number of hydrogen-bond acceptors (Lipinski definition) is 5. The second-order valence-electron chi connectivity index (χ2n) is 11.6. The molecule has 230 valence electrons. The van der Waals surface area contributed by atoms with Crippen LogP contribution in [0, 0.1) is 13.8 Å². The summed E-state index contributed by atoms with van der Waals surface area (Å²) in [6, 6.07) is 37.4. The van der Waals surface area contributed by atoms with E-state index in [0.29, 0.717) is 11.4 Å². The first kappa shape index (κ1) is 30.3. The minimum absolute atomic E-state index is 0.339. The highest BCUT2D eigenvalue weighted by molar-refractivity contribution is 6.47. The first-order chi connectivity index (χ1) is 22.3. The summed E-state index contributed by atoms with van der Waals surface area (Å²) in [6.07, 6.45) is 2.66. The SMILES string of the molecule is Cc1cc(C)nc(N(C)CCc2ccccc2N(C)c2ccc(NC(=O)C(=O)c3c(-c4ccccc4)cc4ccccn34)cc2)c1. The summed E-state index contributed by atoms with van der Waals surface area (Å²) in [6.45, 7) is 4.94. The van der Waals surface area contributed by atoms with Crippen molar-refractivity contribution in [3.8, 4) is 11.1 Å². The highest BCUT2D eigenvalue weighted by Gasteiger charge is 2.25. The van der Waals surface area contributed by atoms with Crippen molar-refractivity contribution in [2.24, 2.45) is 0 Å². The fourth-order valence-corrected chi connectivity index (χ4v) is 5.86. The minimum atomic E-state index is -0.685. The third kappa shape index (κ3) is 6.40. The largest absolute Gasteiger partial charge is 0.359 e. The van der Waals surface area contributed by atoms with Gasteiger partial charge < -0.3 is 19.5 Å². The molecule has 0 bridgehead atoms. The zero-order valence-electron chi connectivity index (χ0n) is 26.6. The second kappa shape index (κ2) is 13.1. The summed E-state index contributed by atoms with van der Waals surface area (Å²) < 4.78 is 1.77. The molecule has 1 N–H and O–H groups in total. The van der Waals surface area contributed by atoms with Gasteiger partial charge >= 0.3 is 0 Å². The number of nitrogens with one attached hydrogen (secondary N) is 1. The number of rotatable bonds is 10. The summed E-state index contributed by atoms with van der Waals surface area (Å²) in [5.41, 5.74) is 8.84. The van der Waals surface area contributed by atoms with Crippen molar-refractivity contribution in [2.75, 3.05) is 35.8 Å². The first-order valence-electron chi connectivity index (χ1n) is 15.4. The van der Waals surface area contributed by atoms with E-state index in [4.69, 9.17) is 4.98 Å². The van der Waals surface area contributed by atoms with Gasteiger partial charge in [-0.15, -0.1) is 0 Å². The molecule has 7 heteroatoms. The van der Waals surface area contributed by atoms with E-state index in [1.165, 1.54) is 11.1 Å². The van der Waals surface area contributed by atoms with Crippen LogP contribution < -0.4 is 15.1 Å². The average Bonchev–Trinajstić information content (AvgIpc) is 3.46. The van der Waals surface area contributed by atoms with Crippen LogP contribution in [0.5, 0.6) is 0 Å². The van der Waals surface area contributed by atoms with Crippen molar-refractivity contribution in [3.05, 3.63) is 144 Å². The van der Waals surface area contributed by atoms with E-state index in [9.17, 15) is 9.59 Å². The molecular formula is C39H37N5O2. The van der Waals surface area contributed by atoms with E-state index in [-0.39, 0.29) is 0 Å². The van der Waals surface area contributed by atoms with Crippen LogP contribution in [0.4, 0.5) is 22.9 Å². The molecule has 0 saturated heterocycles. The fourth-order valence-electron chi connectivity index (χ4n) is 5.86. The summed E-state index contributed by atoms with van der Waals surface area (Å²) in [5, 5.41) is 2.82. The topological polar surface area (TPSA) is 70.0 Å². The number of aryl methyl sites for hydroxylation is 2. The molecule has 3 heterocycles. The molecule has 0 aliphatic rings. The van der Waals surface area contributed by atoms with E-state index < -0.39 is 11.7 Å². The number of fused-ring (bicyclic) bond motifs is 1. The van der Waals surface area contributed by atoms with Gasteiger partial charge in [-0.2, -0.15) is 0 Å². The van der Waals surface area contributed by atoms with Crippen molar-refractivity contribution < 1.29 is 9.59 Å². The molecule has 3 aromatic carbocycles. The molecule has 6 aromatic rings. The van der Waals surface area contributed by atoms with Crippen molar-refractivity contribution in [1.29, 1.82) is 0 Å². The molecule has 0 unspecified atom stereocenters. The van der Waals surface area contributed by atoms with E-state index >= 15 is 0 Å². The second-order valence-corrected chi connectivity index (χ2v) is 11.6. The molecule has 7 nitrogen and oxygen atoms in total. The Bertz CT molecular complexity index is 1990. The number of para-hydroxylation sites is 1. The van der Waals surface area contributed by atoms with E-state index in [2.05, 4.69) is 59.4 Å². The van der Waals surface area contributed by atoms with E-state index in [0.717, 1.165) is 52.5 Å². The number of benzene rings is 3. The Morgan fingerprint density at radius 2 is 1.52 bits per heavy atom. The lowest BCUT2D eigenvalue weighted by Gasteiger charge is -2.25. The van der Waals surface area contributed by atoms with Crippen molar-refractivity contribution in [1.82, 2.24) is 9.38 Å². The smallest absolute Gasteiger partial charge is 0.298 e. The molecule has 0 aliphatic carbocycles. The fraction of sp³-hybridized carbons (Fsp3) is 0.154. The van der Waals surface area contributed by atoms with Gasteiger partial charge in [-0.3, -0.25) is 9.59 Å². The maximum Gasteiger partial charge on any atom is 0.298 e. The summed E-state index contributed by atoms with van der Waals surface area (Å²) in [4.78, 5) is 35.9. The minimum Gasteiger partial charge on any atom is -0.359 e. The molecule has 0 fully saturated rings. The van der Waals surface area contributed by atoms with Gasteiger partial charge in [-0.25, -0.2) is 4.98 Å². The Morgan fingerprint density at radius 3 is 2.28 bits per heavy atom.